The molecule has 180 valence electrons. The van der Waals surface area contributed by atoms with E-state index in [4.69, 9.17) is 21.1 Å². The van der Waals surface area contributed by atoms with E-state index in [9.17, 15) is 8.78 Å². The Balaban J connectivity index is 1.53. The minimum atomic E-state index is -0.899. The zero-order chi connectivity index (χ0) is 24.4. The number of halogens is 3. The van der Waals surface area contributed by atoms with Crippen molar-refractivity contribution in [2.75, 3.05) is 52.7 Å². The molecule has 0 unspecified atom stereocenters. The largest absolute Gasteiger partial charge is 0.493 e. The van der Waals surface area contributed by atoms with Crippen LogP contribution >= 0.6 is 11.6 Å². The lowest BCUT2D eigenvalue weighted by Gasteiger charge is -2.39. The topological polar surface area (TPSA) is 62.8 Å². The minimum Gasteiger partial charge on any atom is -0.493 e. The second-order valence-corrected chi connectivity index (χ2v) is 8.89. The number of hydrogen-bond donors (Lipinski definition) is 1. The third-order valence-corrected chi connectivity index (χ3v) is 5.76. The van der Waals surface area contributed by atoms with Crippen LogP contribution in [0.4, 0.5) is 20.3 Å². The lowest BCUT2D eigenvalue weighted by molar-refractivity contribution is 0.0243. The number of likely N-dealkylation sites (tertiary alicyclic amines) is 1. The molecule has 2 heterocycles. The maximum absolute atomic E-state index is 14.4. The summed E-state index contributed by atoms with van der Waals surface area (Å²) in [6.07, 6.45) is 1.34. The van der Waals surface area contributed by atoms with E-state index in [1.807, 2.05) is 14.1 Å². The van der Waals surface area contributed by atoms with Gasteiger partial charge < -0.3 is 19.7 Å². The number of nitrogens with one attached hydrogen (secondary N) is 1. The molecule has 1 aliphatic rings. The molecule has 0 radical (unpaired) electrons. The summed E-state index contributed by atoms with van der Waals surface area (Å²) in [6, 6.07) is 5.84. The predicted molar refractivity (Wildman–Crippen MR) is 129 cm³/mol. The number of aromatic nitrogens is 2. The van der Waals surface area contributed by atoms with E-state index in [-0.39, 0.29) is 11.8 Å². The van der Waals surface area contributed by atoms with Crippen LogP contribution in [0, 0.1) is 11.6 Å². The standard InChI is InChI=1S/C24H26ClF2N5O2/c1-14(9-31(2)3)10-32-11-15(12-32)34-21-7-16-19(8-20(21)33-4)28-13-29-24(16)30-18-6-5-17(26)22(25)23(18)27/h5-8,13,15H,1,9-12H2,2-4H3,(H,28,29,30). The highest BCUT2D eigenvalue weighted by Gasteiger charge is 2.29. The fraction of sp³-hybridized carbons (Fsp3) is 0.333. The number of likely N-dealkylation sites (N-methyl/N-ethyl adjacent to an activating group) is 1. The molecule has 1 aromatic heterocycles. The maximum Gasteiger partial charge on any atom is 0.168 e. The molecule has 0 bridgehead atoms. The molecule has 0 spiro atoms. The summed E-state index contributed by atoms with van der Waals surface area (Å²) < 4.78 is 39.7. The molecule has 34 heavy (non-hydrogen) atoms. The van der Waals surface area contributed by atoms with Gasteiger partial charge in [-0.1, -0.05) is 18.2 Å². The summed E-state index contributed by atoms with van der Waals surface area (Å²) in [6.45, 7) is 7.32. The van der Waals surface area contributed by atoms with Crippen LogP contribution in [0.1, 0.15) is 0 Å². The third kappa shape index (κ3) is 5.22. The molecule has 0 amide bonds. The van der Waals surface area contributed by atoms with Gasteiger partial charge in [0.25, 0.3) is 0 Å². The summed E-state index contributed by atoms with van der Waals surface area (Å²) >= 11 is 5.71. The van der Waals surface area contributed by atoms with Crippen molar-refractivity contribution in [3.05, 3.63) is 59.4 Å². The van der Waals surface area contributed by atoms with E-state index in [1.165, 1.54) is 12.4 Å². The highest BCUT2D eigenvalue weighted by Crippen LogP contribution is 2.37. The molecule has 3 aromatic rings. The molecule has 1 fully saturated rings. The van der Waals surface area contributed by atoms with Crippen LogP contribution in [0.2, 0.25) is 5.02 Å². The van der Waals surface area contributed by atoms with Gasteiger partial charge in [0.15, 0.2) is 17.3 Å². The van der Waals surface area contributed by atoms with Crippen LogP contribution in [0.15, 0.2) is 42.7 Å². The van der Waals surface area contributed by atoms with Crippen LogP contribution in [-0.2, 0) is 0 Å². The third-order valence-electron chi connectivity index (χ3n) is 5.41. The smallest absolute Gasteiger partial charge is 0.168 e. The van der Waals surface area contributed by atoms with Crippen LogP contribution in [0.25, 0.3) is 10.9 Å². The van der Waals surface area contributed by atoms with Gasteiger partial charge in [-0.15, -0.1) is 0 Å². The number of hydrogen-bond acceptors (Lipinski definition) is 7. The zero-order valence-electron chi connectivity index (χ0n) is 19.2. The maximum atomic E-state index is 14.4. The lowest BCUT2D eigenvalue weighted by atomic mass is 10.1. The number of ether oxygens (including phenoxy) is 2. The van der Waals surface area contributed by atoms with Crippen molar-refractivity contribution in [3.8, 4) is 11.5 Å². The molecular formula is C24H26ClF2N5O2. The average molecular weight is 490 g/mol. The molecule has 4 rings (SSSR count). The number of benzene rings is 2. The zero-order valence-corrected chi connectivity index (χ0v) is 20.0. The Morgan fingerprint density at radius 2 is 2.00 bits per heavy atom. The van der Waals surface area contributed by atoms with Crippen molar-refractivity contribution in [3.63, 3.8) is 0 Å². The molecule has 1 saturated heterocycles. The van der Waals surface area contributed by atoms with Crippen molar-refractivity contribution in [2.24, 2.45) is 0 Å². The number of rotatable bonds is 9. The van der Waals surface area contributed by atoms with Gasteiger partial charge in [0.05, 0.1) is 18.3 Å². The second-order valence-electron chi connectivity index (χ2n) is 8.51. The quantitative estimate of drug-likeness (QED) is 0.351. The Morgan fingerprint density at radius 1 is 1.24 bits per heavy atom. The summed E-state index contributed by atoms with van der Waals surface area (Å²) in [5, 5.41) is 2.88. The van der Waals surface area contributed by atoms with E-state index in [2.05, 4.69) is 31.7 Å². The summed E-state index contributed by atoms with van der Waals surface area (Å²) in [5.74, 6) is -0.346. The normalized spacial score (nSPS) is 14.3. The SMILES string of the molecule is C=C(CN(C)C)CN1CC(Oc2cc3c(Nc4ccc(F)c(Cl)c4F)ncnc3cc2OC)C1. The Morgan fingerprint density at radius 3 is 2.71 bits per heavy atom. The van der Waals surface area contributed by atoms with Crippen LogP contribution in [-0.4, -0.2) is 73.3 Å². The van der Waals surface area contributed by atoms with Crippen LogP contribution in [0.5, 0.6) is 11.5 Å². The van der Waals surface area contributed by atoms with Gasteiger partial charge in [-0.25, -0.2) is 18.7 Å². The van der Waals surface area contributed by atoms with E-state index in [0.29, 0.717) is 28.2 Å². The van der Waals surface area contributed by atoms with E-state index in [0.717, 1.165) is 37.8 Å². The van der Waals surface area contributed by atoms with E-state index in [1.54, 1.807) is 19.2 Å². The van der Waals surface area contributed by atoms with Gasteiger partial charge in [-0.3, -0.25) is 4.90 Å². The molecule has 0 atom stereocenters. The molecule has 10 heteroatoms. The molecular weight excluding hydrogens is 464 g/mol. The molecule has 2 aromatic carbocycles. The Labute approximate surface area is 201 Å². The van der Waals surface area contributed by atoms with Crippen molar-refractivity contribution < 1.29 is 18.3 Å². The predicted octanol–water partition coefficient (Wildman–Crippen LogP) is 4.49. The highest BCUT2D eigenvalue weighted by molar-refractivity contribution is 6.31. The first-order valence-electron chi connectivity index (χ1n) is 10.7. The number of nitrogens with zero attached hydrogens (tertiary/aromatic N) is 4. The Kier molecular flexibility index (Phi) is 7.16. The molecule has 1 N–H and O–H groups in total. The second kappa shape index (κ2) is 10.1. The van der Waals surface area contributed by atoms with Gasteiger partial charge in [0, 0.05) is 37.6 Å². The average Bonchev–Trinajstić information content (AvgIpc) is 2.77. The molecule has 0 aliphatic carbocycles. The fourth-order valence-corrected chi connectivity index (χ4v) is 4.05. The number of methoxy groups -OCH3 is 1. The van der Waals surface area contributed by atoms with Crippen molar-refractivity contribution in [1.29, 1.82) is 0 Å². The van der Waals surface area contributed by atoms with Gasteiger partial charge in [-0.05, 0) is 37.9 Å². The number of fused-ring (bicyclic) bond motifs is 1. The summed E-state index contributed by atoms with van der Waals surface area (Å²) in [5.41, 5.74) is 1.72. The van der Waals surface area contributed by atoms with E-state index >= 15 is 0 Å². The van der Waals surface area contributed by atoms with Crippen LogP contribution in [0.3, 0.4) is 0 Å². The summed E-state index contributed by atoms with van der Waals surface area (Å²) in [7, 11) is 5.60. The van der Waals surface area contributed by atoms with Crippen molar-refractivity contribution >= 4 is 34.0 Å². The Hall–Kier alpha value is -3.01. The molecule has 0 saturated carbocycles. The first-order valence-corrected chi connectivity index (χ1v) is 11.1. The van der Waals surface area contributed by atoms with Crippen molar-refractivity contribution in [2.45, 2.75) is 6.10 Å². The number of anilines is 2. The molecule has 1 aliphatic heterocycles. The first-order chi connectivity index (χ1) is 16.2. The monoisotopic (exact) mass is 489 g/mol. The summed E-state index contributed by atoms with van der Waals surface area (Å²) in [4.78, 5) is 12.9. The van der Waals surface area contributed by atoms with Crippen LogP contribution < -0.4 is 14.8 Å². The van der Waals surface area contributed by atoms with Gasteiger partial charge in [0.1, 0.15) is 29.1 Å². The first kappa shape index (κ1) is 24.1. The fourth-order valence-electron chi connectivity index (χ4n) is 3.88. The molecule has 7 nitrogen and oxygen atoms in total. The van der Waals surface area contributed by atoms with Crippen molar-refractivity contribution in [1.82, 2.24) is 19.8 Å². The lowest BCUT2D eigenvalue weighted by Crippen LogP contribution is -2.54. The van der Waals surface area contributed by atoms with Gasteiger partial charge in [0.2, 0.25) is 0 Å². The highest BCUT2D eigenvalue weighted by atomic mass is 35.5. The Bertz CT molecular complexity index is 1220. The van der Waals surface area contributed by atoms with Gasteiger partial charge >= 0.3 is 0 Å². The van der Waals surface area contributed by atoms with E-state index < -0.39 is 16.7 Å². The van der Waals surface area contributed by atoms with Gasteiger partial charge in [-0.2, -0.15) is 0 Å². The minimum absolute atomic E-state index is 0.00252.